The van der Waals surface area contributed by atoms with Crippen LogP contribution in [0.2, 0.25) is 0 Å². The standard InChI is InChI=1S/C9H17NO3/c1-12-6-7-13-5-4-10-3-2-9(11)8-10/h2-8H2,1H3. The van der Waals surface area contributed by atoms with Crippen LogP contribution in [0.3, 0.4) is 0 Å². The lowest BCUT2D eigenvalue weighted by Crippen LogP contribution is -2.25. The van der Waals surface area contributed by atoms with Gasteiger partial charge in [0.2, 0.25) is 0 Å². The zero-order valence-corrected chi connectivity index (χ0v) is 8.12. The Morgan fingerprint density at radius 3 is 2.85 bits per heavy atom. The van der Waals surface area contributed by atoms with Gasteiger partial charge in [-0.05, 0) is 0 Å². The van der Waals surface area contributed by atoms with E-state index in [4.69, 9.17) is 9.47 Å². The lowest BCUT2D eigenvalue weighted by Gasteiger charge is -2.12. The van der Waals surface area contributed by atoms with Crippen molar-refractivity contribution in [2.75, 3.05) is 46.6 Å². The number of carbonyl (C=O) groups excluding carboxylic acids is 1. The molecule has 76 valence electrons. The molecule has 1 aliphatic heterocycles. The molecule has 0 saturated carbocycles. The first kappa shape index (κ1) is 10.6. The third-order valence-electron chi connectivity index (χ3n) is 2.09. The molecule has 1 aliphatic rings. The quantitative estimate of drug-likeness (QED) is 0.545. The van der Waals surface area contributed by atoms with E-state index in [-0.39, 0.29) is 0 Å². The maximum atomic E-state index is 10.9. The molecule has 0 aromatic rings. The number of nitrogens with zero attached hydrogens (tertiary/aromatic N) is 1. The fourth-order valence-corrected chi connectivity index (χ4v) is 1.32. The largest absolute Gasteiger partial charge is 0.382 e. The van der Waals surface area contributed by atoms with Gasteiger partial charge in [-0.15, -0.1) is 0 Å². The number of methoxy groups -OCH3 is 1. The summed E-state index contributed by atoms with van der Waals surface area (Å²) in [6.45, 7) is 4.32. The summed E-state index contributed by atoms with van der Waals surface area (Å²) in [6.07, 6.45) is 0.706. The molecule has 0 N–H and O–H groups in total. The summed E-state index contributed by atoms with van der Waals surface area (Å²) in [6, 6.07) is 0. The van der Waals surface area contributed by atoms with Gasteiger partial charge in [0.1, 0.15) is 5.78 Å². The highest BCUT2D eigenvalue weighted by Gasteiger charge is 2.18. The van der Waals surface area contributed by atoms with Gasteiger partial charge in [-0.3, -0.25) is 9.69 Å². The number of hydrogen-bond donors (Lipinski definition) is 0. The molecule has 4 heteroatoms. The Morgan fingerprint density at radius 1 is 1.38 bits per heavy atom. The number of likely N-dealkylation sites (tertiary alicyclic amines) is 1. The van der Waals surface area contributed by atoms with Gasteiger partial charge in [0, 0.05) is 26.6 Å². The molecular weight excluding hydrogens is 170 g/mol. The molecule has 1 saturated heterocycles. The number of ketones is 1. The highest BCUT2D eigenvalue weighted by Crippen LogP contribution is 2.02. The van der Waals surface area contributed by atoms with Crippen molar-refractivity contribution in [1.29, 1.82) is 0 Å². The monoisotopic (exact) mass is 187 g/mol. The van der Waals surface area contributed by atoms with Crippen molar-refractivity contribution in [3.8, 4) is 0 Å². The van der Waals surface area contributed by atoms with Crippen molar-refractivity contribution < 1.29 is 14.3 Å². The van der Waals surface area contributed by atoms with Crippen LogP contribution >= 0.6 is 0 Å². The predicted molar refractivity (Wildman–Crippen MR) is 48.8 cm³/mol. The molecule has 1 heterocycles. The average molecular weight is 187 g/mol. The molecular formula is C9H17NO3. The molecule has 0 radical (unpaired) electrons. The van der Waals surface area contributed by atoms with Gasteiger partial charge in [0.05, 0.1) is 26.4 Å². The van der Waals surface area contributed by atoms with Gasteiger partial charge in [0.25, 0.3) is 0 Å². The normalized spacial score (nSPS) is 18.4. The molecule has 0 amide bonds. The third kappa shape index (κ3) is 4.36. The van der Waals surface area contributed by atoms with Crippen molar-refractivity contribution in [3.63, 3.8) is 0 Å². The SMILES string of the molecule is COCCOCCN1CCC(=O)C1. The second kappa shape index (κ2) is 6.07. The first-order chi connectivity index (χ1) is 6.33. The van der Waals surface area contributed by atoms with Crippen molar-refractivity contribution >= 4 is 5.78 Å². The second-order valence-electron chi connectivity index (χ2n) is 3.17. The van der Waals surface area contributed by atoms with Crippen LogP contribution in [0.5, 0.6) is 0 Å². The van der Waals surface area contributed by atoms with Crippen molar-refractivity contribution in [2.24, 2.45) is 0 Å². The van der Waals surface area contributed by atoms with E-state index in [2.05, 4.69) is 4.90 Å². The van der Waals surface area contributed by atoms with Crippen LogP contribution in [0, 0.1) is 0 Å². The molecule has 1 rings (SSSR count). The van der Waals surface area contributed by atoms with E-state index in [1.165, 1.54) is 0 Å². The van der Waals surface area contributed by atoms with Crippen molar-refractivity contribution in [2.45, 2.75) is 6.42 Å². The van der Waals surface area contributed by atoms with Crippen molar-refractivity contribution in [3.05, 3.63) is 0 Å². The summed E-state index contributed by atoms with van der Waals surface area (Å²) in [5.74, 6) is 0.344. The van der Waals surface area contributed by atoms with Crippen LogP contribution < -0.4 is 0 Å². The molecule has 0 unspecified atom stereocenters. The third-order valence-corrected chi connectivity index (χ3v) is 2.09. The molecule has 13 heavy (non-hydrogen) atoms. The van der Waals surface area contributed by atoms with Crippen molar-refractivity contribution in [1.82, 2.24) is 4.90 Å². The number of carbonyl (C=O) groups is 1. The molecule has 0 spiro atoms. The van der Waals surface area contributed by atoms with Crippen LogP contribution in [-0.4, -0.2) is 57.2 Å². The summed E-state index contributed by atoms with van der Waals surface area (Å²) < 4.78 is 10.1. The first-order valence-electron chi connectivity index (χ1n) is 4.63. The predicted octanol–water partition coefficient (Wildman–Crippen LogP) is -0.0758. The lowest BCUT2D eigenvalue weighted by molar-refractivity contribution is -0.116. The number of ether oxygens (including phenoxy) is 2. The maximum absolute atomic E-state index is 10.9. The highest BCUT2D eigenvalue weighted by molar-refractivity contribution is 5.82. The summed E-state index contributed by atoms with van der Waals surface area (Å²) in [5.41, 5.74) is 0. The van der Waals surface area contributed by atoms with E-state index in [1.54, 1.807) is 7.11 Å². The molecule has 4 nitrogen and oxygen atoms in total. The molecule has 0 bridgehead atoms. The fraction of sp³-hybridized carbons (Fsp3) is 0.889. The van der Waals surface area contributed by atoms with E-state index in [0.717, 1.165) is 13.1 Å². The number of hydrogen-bond acceptors (Lipinski definition) is 4. The zero-order valence-electron chi connectivity index (χ0n) is 8.12. The minimum atomic E-state index is 0.344. The van der Waals surface area contributed by atoms with Crippen LogP contribution in [0.4, 0.5) is 0 Å². The Hall–Kier alpha value is -0.450. The Labute approximate surface area is 78.8 Å². The van der Waals surface area contributed by atoms with Crippen LogP contribution in [0.25, 0.3) is 0 Å². The molecule has 0 aliphatic carbocycles. The molecule has 0 aromatic carbocycles. The average Bonchev–Trinajstić information content (AvgIpc) is 2.51. The Balaban J connectivity index is 1.91. The smallest absolute Gasteiger partial charge is 0.148 e. The Kier molecular flexibility index (Phi) is 4.97. The first-order valence-corrected chi connectivity index (χ1v) is 4.63. The van der Waals surface area contributed by atoms with Crippen LogP contribution in [-0.2, 0) is 14.3 Å². The Morgan fingerprint density at radius 2 is 2.23 bits per heavy atom. The topological polar surface area (TPSA) is 38.8 Å². The summed E-state index contributed by atoms with van der Waals surface area (Å²) in [5, 5.41) is 0. The van der Waals surface area contributed by atoms with Gasteiger partial charge in [-0.2, -0.15) is 0 Å². The van der Waals surface area contributed by atoms with E-state index in [9.17, 15) is 4.79 Å². The maximum Gasteiger partial charge on any atom is 0.148 e. The summed E-state index contributed by atoms with van der Waals surface area (Å²) in [7, 11) is 1.66. The lowest BCUT2D eigenvalue weighted by atomic mass is 10.4. The Bertz CT molecular complexity index is 161. The van der Waals surface area contributed by atoms with E-state index in [0.29, 0.717) is 38.6 Å². The van der Waals surface area contributed by atoms with E-state index in [1.807, 2.05) is 0 Å². The minimum absolute atomic E-state index is 0.344. The van der Waals surface area contributed by atoms with Crippen LogP contribution in [0.15, 0.2) is 0 Å². The molecule has 0 aromatic heterocycles. The van der Waals surface area contributed by atoms with Gasteiger partial charge < -0.3 is 9.47 Å². The molecule has 1 fully saturated rings. The summed E-state index contributed by atoms with van der Waals surface area (Å²) >= 11 is 0. The number of Topliss-reactive ketones (excluding diaryl/α,β-unsaturated/α-hetero) is 1. The minimum Gasteiger partial charge on any atom is -0.382 e. The van der Waals surface area contributed by atoms with Gasteiger partial charge in [-0.1, -0.05) is 0 Å². The van der Waals surface area contributed by atoms with Gasteiger partial charge >= 0.3 is 0 Å². The van der Waals surface area contributed by atoms with Gasteiger partial charge in [-0.25, -0.2) is 0 Å². The van der Waals surface area contributed by atoms with E-state index < -0.39 is 0 Å². The van der Waals surface area contributed by atoms with Crippen LogP contribution in [0.1, 0.15) is 6.42 Å². The van der Waals surface area contributed by atoms with Gasteiger partial charge in [0.15, 0.2) is 0 Å². The zero-order chi connectivity index (χ0) is 9.52. The summed E-state index contributed by atoms with van der Waals surface area (Å²) in [4.78, 5) is 13.0. The number of rotatable bonds is 6. The fourth-order valence-electron chi connectivity index (χ4n) is 1.32. The van der Waals surface area contributed by atoms with E-state index >= 15 is 0 Å². The highest BCUT2D eigenvalue weighted by atomic mass is 16.5. The second-order valence-corrected chi connectivity index (χ2v) is 3.17. The molecule has 0 atom stereocenters.